The molecular formula is C13H20N2O2S. The third-order valence-electron chi connectivity index (χ3n) is 3.11. The molecule has 2 heterocycles. The first-order valence-electron chi connectivity index (χ1n) is 6.60. The van der Waals surface area contributed by atoms with Gasteiger partial charge in [-0.05, 0) is 19.3 Å². The smallest absolute Gasteiger partial charge is 0.252 e. The second kappa shape index (κ2) is 6.85. The highest BCUT2D eigenvalue weighted by Gasteiger charge is 2.28. The zero-order chi connectivity index (χ0) is 12.8. The minimum Gasteiger partial charge on any atom is -0.368 e. The average Bonchev–Trinajstić information content (AvgIpc) is 3.06. The van der Waals surface area contributed by atoms with Crippen LogP contribution in [0.5, 0.6) is 0 Å². The van der Waals surface area contributed by atoms with Crippen molar-refractivity contribution in [3.63, 3.8) is 0 Å². The van der Waals surface area contributed by atoms with Gasteiger partial charge in [-0.2, -0.15) is 0 Å². The molecule has 1 aromatic heterocycles. The Bertz CT molecular complexity index is 361. The van der Waals surface area contributed by atoms with Crippen molar-refractivity contribution >= 4 is 17.2 Å². The summed E-state index contributed by atoms with van der Waals surface area (Å²) in [7, 11) is 0. The van der Waals surface area contributed by atoms with Crippen molar-refractivity contribution in [2.24, 2.45) is 0 Å². The number of hydrogen-bond acceptors (Lipinski definition) is 4. The lowest BCUT2D eigenvalue weighted by Crippen LogP contribution is -2.39. The Balaban J connectivity index is 1.96. The molecule has 2 rings (SSSR count). The second-order valence-corrected chi connectivity index (χ2v) is 5.52. The van der Waals surface area contributed by atoms with E-state index >= 15 is 0 Å². The largest absolute Gasteiger partial charge is 0.368 e. The minimum absolute atomic E-state index is 0.135. The molecule has 1 aliphatic heterocycles. The predicted octanol–water partition coefficient (Wildman–Crippen LogP) is 2.45. The first-order valence-corrected chi connectivity index (χ1v) is 7.48. The highest BCUT2D eigenvalue weighted by Crippen LogP contribution is 2.17. The summed E-state index contributed by atoms with van der Waals surface area (Å²) in [5.41, 5.74) is 0. The van der Waals surface area contributed by atoms with E-state index in [0.29, 0.717) is 6.54 Å². The first-order chi connectivity index (χ1) is 8.81. The Hall–Kier alpha value is -0.940. The van der Waals surface area contributed by atoms with Crippen LogP contribution in [-0.4, -0.2) is 35.0 Å². The van der Waals surface area contributed by atoms with Gasteiger partial charge in [0.25, 0.3) is 5.91 Å². The molecule has 5 heteroatoms. The zero-order valence-electron chi connectivity index (χ0n) is 10.8. The molecule has 0 N–H and O–H groups in total. The van der Waals surface area contributed by atoms with Crippen LogP contribution in [0.4, 0.5) is 0 Å². The number of ether oxygens (including phenoxy) is 1. The Labute approximate surface area is 112 Å². The number of amides is 1. The molecule has 1 atom stereocenters. The van der Waals surface area contributed by atoms with Crippen molar-refractivity contribution in [1.82, 2.24) is 9.88 Å². The van der Waals surface area contributed by atoms with Crippen molar-refractivity contribution in [3.05, 3.63) is 16.6 Å². The zero-order valence-corrected chi connectivity index (χ0v) is 11.6. The summed E-state index contributed by atoms with van der Waals surface area (Å²) in [5.74, 6) is 0.135. The lowest BCUT2D eigenvalue weighted by atomic mass is 10.2. The first kappa shape index (κ1) is 13.5. The number of aromatic nitrogens is 1. The van der Waals surface area contributed by atoms with Crippen molar-refractivity contribution in [1.29, 1.82) is 0 Å². The average molecular weight is 268 g/mol. The van der Waals surface area contributed by atoms with Crippen molar-refractivity contribution in [2.75, 3.05) is 13.2 Å². The molecular weight excluding hydrogens is 248 g/mol. The molecule has 0 saturated carbocycles. The van der Waals surface area contributed by atoms with Crippen LogP contribution < -0.4 is 0 Å². The molecule has 1 amide bonds. The number of nitrogens with zero attached hydrogens (tertiary/aromatic N) is 2. The van der Waals surface area contributed by atoms with Crippen molar-refractivity contribution in [3.8, 4) is 0 Å². The number of hydrogen-bond donors (Lipinski definition) is 0. The summed E-state index contributed by atoms with van der Waals surface area (Å²) in [6.07, 6.45) is 5.54. The van der Waals surface area contributed by atoms with Gasteiger partial charge < -0.3 is 9.64 Å². The maximum absolute atomic E-state index is 12.4. The predicted molar refractivity (Wildman–Crippen MR) is 71.4 cm³/mol. The molecule has 0 bridgehead atoms. The van der Waals surface area contributed by atoms with Crippen LogP contribution in [0.1, 0.15) is 37.6 Å². The highest BCUT2D eigenvalue weighted by molar-refractivity contribution is 7.09. The van der Waals surface area contributed by atoms with E-state index in [1.165, 1.54) is 0 Å². The molecule has 0 spiro atoms. The van der Waals surface area contributed by atoms with Gasteiger partial charge in [0, 0.05) is 24.7 Å². The SMILES string of the molecule is CCCCN(Cc1nccs1)C(=O)C1CCCO1. The van der Waals surface area contributed by atoms with E-state index in [4.69, 9.17) is 4.74 Å². The fourth-order valence-electron chi connectivity index (χ4n) is 2.09. The topological polar surface area (TPSA) is 42.4 Å². The fraction of sp³-hybridized carbons (Fsp3) is 0.692. The fourth-order valence-corrected chi connectivity index (χ4v) is 2.72. The third kappa shape index (κ3) is 3.53. The van der Waals surface area contributed by atoms with Crippen LogP contribution in [0.2, 0.25) is 0 Å². The Morgan fingerprint density at radius 2 is 2.56 bits per heavy atom. The standard InChI is InChI=1S/C13H20N2O2S/c1-2-3-7-15(10-12-14-6-9-18-12)13(16)11-5-4-8-17-11/h6,9,11H,2-5,7-8,10H2,1H3. The van der Waals surface area contributed by atoms with Crippen molar-refractivity contribution in [2.45, 2.75) is 45.3 Å². The maximum atomic E-state index is 12.4. The van der Waals surface area contributed by atoms with Crippen molar-refractivity contribution < 1.29 is 9.53 Å². The molecule has 1 saturated heterocycles. The van der Waals surface area contributed by atoms with Gasteiger partial charge in [-0.25, -0.2) is 4.98 Å². The molecule has 0 aromatic carbocycles. The van der Waals surface area contributed by atoms with E-state index in [-0.39, 0.29) is 12.0 Å². The monoisotopic (exact) mass is 268 g/mol. The van der Waals surface area contributed by atoms with E-state index in [1.807, 2.05) is 10.3 Å². The van der Waals surface area contributed by atoms with Crippen LogP contribution in [0, 0.1) is 0 Å². The summed E-state index contributed by atoms with van der Waals surface area (Å²) < 4.78 is 5.49. The van der Waals surface area contributed by atoms with Crippen LogP contribution >= 0.6 is 11.3 Å². The molecule has 0 radical (unpaired) electrons. The normalized spacial score (nSPS) is 19.1. The number of rotatable bonds is 6. The molecule has 1 aliphatic rings. The summed E-state index contributed by atoms with van der Waals surface area (Å²) >= 11 is 1.60. The van der Waals surface area contributed by atoms with Gasteiger partial charge in [0.1, 0.15) is 11.1 Å². The lowest BCUT2D eigenvalue weighted by molar-refractivity contribution is -0.141. The van der Waals surface area contributed by atoms with Gasteiger partial charge in [0.05, 0.1) is 6.54 Å². The van der Waals surface area contributed by atoms with Gasteiger partial charge in [-0.3, -0.25) is 4.79 Å². The van der Waals surface area contributed by atoms with Gasteiger partial charge in [-0.1, -0.05) is 13.3 Å². The van der Waals surface area contributed by atoms with E-state index in [2.05, 4.69) is 11.9 Å². The summed E-state index contributed by atoms with van der Waals surface area (Å²) in [5, 5.41) is 2.95. The van der Waals surface area contributed by atoms with E-state index in [0.717, 1.165) is 43.8 Å². The van der Waals surface area contributed by atoms with Crippen LogP contribution in [0.25, 0.3) is 0 Å². The van der Waals surface area contributed by atoms with Gasteiger partial charge in [0.15, 0.2) is 0 Å². The van der Waals surface area contributed by atoms with E-state index in [9.17, 15) is 4.79 Å². The van der Waals surface area contributed by atoms with Gasteiger partial charge in [-0.15, -0.1) is 11.3 Å². The van der Waals surface area contributed by atoms with Crippen LogP contribution in [-0.2, 0) is 16.1 Å². The van der Waals surface area contributed by atoms with Gasteiger partial charge >= 0.3 is 0 Å². The lowest BCUT2D eigenvalue weighted by Gasteiger charge is -2.24. The molecule has 1 fully saturated rings. The molecule has 18 heavy (non-hydrogen) atoms. The number of thiazole rings is 1. The molecule has 1 aromatic rings. The van der Waals surface area contributed by atoms with E-state index < -0.39 is 0 Å². The van der Waals surface area contributed by atoms with Crippen LogP contribution in [0.3, 0.4) is 0 Å². The number of carbonyl (C=O) groups excluding carboxylic acids is 1. The molecule has 0 aliphatic carbocycles. The Kier molecular flexibility index (Phi) is 5.13. The number of unbranched alkanes of at least 4 members (excludes halogenated alkanes) is 1. The summed E-state index contributed by atoms with van der Waals surface area (Å²) in [6, 6.07) is 0. The highest BCUT2D eigenvalue weighted by atomic mass is 32.1. The minimum atomic E-state index is -0.221. The molecule has 100 valence electrons. The van der Waals surface area contributed by atoms with Crippen LogP contribution in [0.15, 0.2) is 11.6 Å². The second-order valence-electron chi connectivity index (χ2n) is 4.54. The quantitative estimate of drug-likeness (QED) is 0.796. The maximum Gasteiger partial charge on any atom is 0.252 e. The number of carbonyl (C=O) groups is 1. The Morgan fingerprint density at radius 1 is 1.67 bits per heavy atom. The van der Waals surface area contributed by atoms with E-state index in [1.54, 1.807) is 17.5 Å². The summed E-state index contributed by atoms with van der Waals surface area (Å²) in [6.45, 7) is 4.28. The third-order valence-corrected chi connectivity index (χ3v) is 3.87. The van der Waals surface area contributed by atoms with Gasteiger partial charge in [0.2, 0.25) is 0 Å². The Morgan fingerprint density at radius 3 is 3.17 bits per heavy atom. The summed E-state index contributed by atoms with van der Waals surface area (Å²) in [4.78, 5) is 18.5. The molecule has 4 nitrogen and oxygen atoms in total. The molecule has 1 unspecified atom stereocenters.